The predicted octanol–water partition coefficient (Wildman–Crippen LogP) is 18.0. The molecule has 0 radical (unpaired) electrons. The number of halogens is 2. The van der Waals surface area contributed by atoms with E-state index in [9.17, 15) is 8.78 Å². The molecule has 0 aromatic heterocycles. The Hall–Kier alpha value is -7.70. The molecule has 10 rings (SSSR count). The number of hydrogen-bond donors (Lipinski definition) is 0. The molecule has 6 heteroatoms. The SMILES string of the molecule is CC(C)(C)c1ccc(N(c2ccc(Oc3ccc(F)cc3)cc2)c2ccc3ccc4c(N(c5ccc(Oc6ccc(F)cc6)cc5)c5ccc(C(C)(C)C)cc5)ccc5ccc2c3c54)cc1. The molecule has 0 atom stereocenters. The van der Waals surface area contributed by atoms with Crippen LogP contribution in [-0.2, 0) is 10.8 Å². The van der Waals surface area contributed by atoms with Crippen LogP contribution >= 0.6 is 0 Å². The average Bonchev–Trinajstić information content (AvgIpc) is 3.31. The van der Waals surface area contributed by atoms with Gasteiger partial charge in [-0.2, -0.15) is 0 Å². The minimum atomic E-state index is -0.306. The van der Waals surface area contributed by atoms with Crippen molar-refractivity contribution in [3.8, 4) is 23.0 Å². The Morgan fingerprint density at radius 1 is 0.318 bits per heavy atom. The number of hydrogen-bond acceptors (Lipinski definition) is 4. The fraction of sp³-hybridized carbons (Fsp3) is 0.133. The van der Waals surface area contributed by atoms with E-state index in [0.717, 1.165) is 55.7 Å². The summed E-state index contributed by atoms with van der Waals surface area (Å²) in [6.45, 7) is 13.4. The summed E-state index contributed by atoms with van der Waals surface area (Å²) in [5.74, 6) is 1.84. The van der Waals surface area contributed by atoms with Crippen molar-refractivity contribution in [2.24, 2.45) is 0 Å². The maximum absolute atomic E-state index is 13.7. The van der Waals surface area contributed by atoms with Gasteiger partial charge in [-0.05, 0) is 177 Å². The molecule has 66 heavy (non-hydrogen) atoms. The molecule has 0 bridgehead atoms. The fourth-order valence-corrected chi connectivity index (χ4v) is 8.84. The van der Waals surface area contributed by atoms with Gasteiger partial charge in [-0.25, -0.2) is 8.78 Å². The van der Waals surface area contributed by atoms with Crippen molar-refractivity contribution in [2.45, 2.75) is 52.4 Å². The number of ether oxygens (including phenoxy) is 2. The topological polar surface area (TPSA) is 24.9 Å². The van der Waals surface area contributed by atoms with Crippen LogP contribution in [0.25, 0.3) is 32.3 Å². The Morgan fingerprint density at radius 2 is 0.591 bits per heavy atom. The van der Waals surface area contributed by atoms with E-state index >= 15 is 0 Å². The van der Waals surface area contributed by atoms with Crippen molar-refractivity contribution in [1.29, 1.82) is 0 Å². The molecule has 0 unspecified atom stereocenters. The Bertz CT molecular complexity index is 3070. The molecule has 0 aliphatic carbocycles. The van der Waals surface area contributed by atoms with Gasteiger partial charge in [0.2, 0.25) is 0 Å². The zero-order valence-corrected chi connectivity index (χ0v) is 37.9. The largest absolute Gasteiger partial charge is 0.457 e. The highest BCUT2D eigenvalue weighted by molar-refractivity contribution is 6.28. The summed E-state index contributed by atoms with van der Waals surface area (Å²) >= 11 is 0. The van der Waals surface area contributed by atoms with Crippen molar-refractivity contribution in [1.82, 2.24) is 0 Å². The van der Waals surface area contributed by atoms with Crippen molar-refractivity contribution in [3.05, 3.63) is 217 Å². The average molecular weight is 869 g/mol. The molecule has 0 aliphatic rings. The molecule has 10 aromatic rings. The minimum absolute atomic E-state index is 0.00424. The summed E-state index contributed by atoms with van der Waals surface area (Å²) in [4.78, 5) is 4.64. The van der Waals surface area contributed by atoms with Gasteiger partial charge in [0.1, 0.15) is 34.6 Å². The first-order valence-corrected chi connectivity index (χ1v) is 22.4. The molecule has 10 aromatic carbocycles. The van der Waals surface area contributed by atoms with E-state index < -0.39 is 0 Å². The van der Waals surface area contributed by atoms with Crippen LogP contribution in [0.4, 0.5) is 42.9 Å². The van der Waals surface area contributed by atoms with E-state index in [1.54, 1.807) is 24.3 Å². The van der Waals surface area contributed by atoms with Crippen LogP contribution in [0.3, 0.4) is 0 Å². The van der Waals surface area contributed by atoms with Gasteiger partial charge in [-0.15, -0.1) is 0 Å². The van der Waals surface area contributed by atoms with E-state index in [4.69, 9.17) is 9.47 Å². The van der Waals surface area contributed by atoms with E-state index in [0.29, 0.717) is 23.0 Å². The van der Waals surface area contributed by atoms with E-state index in [1.165, 1.54) is 46.2 Å². The summed E-state index contributed by atoms with van der Waals surface area (Å²) < 4.78 is 39.6. The summed E-state index contributed by atoms with van der Waals surface area (Å²) in [7, 11) is 0. The smallest absolute Gasteiger partial charge is 0.127 e. The second kappa shape index (κ2) is 16.7. The maximum Gasteiger partial charge on any atom is 0.127 e. The number of benzene rings is 10. The lowest BCUT2D eigenvalue weighted by atomic mass is 9.87. The lowest BCUT2D eigenvalue weighted by Gasteiger charge is -2.30. The van der Waals surface area contributed by atoms with Gasteiger partial charge >= 0.3 is 0 Å². The monoisotopic (exact) mass is 868 g/mol. The Balaban J connectivity index is 1.12. The highest BCUT2D eigenvalue weighted by Crippen LogP contribution is 2.48. The van der Waals surface area contributed by atoms with Gasteiger partial charge in [0, 0.05) is 33.5 Å². The summed E-state index contributed by atoms with van der Waals surface area (Å²) in [5, 5.41) is 6.92. The molecule has 326 valence electrons. The summed E-state index contributed by atoms with van der Waals surface area (Å²) in [6.07, 6.45) is 0. The fourth-order valence-electron chi connectivity index (χ4n) is 8.84. The molecular weight excluding hydrogens is 819 g/mol. The van der Waals surface area contributed by atoms with Gasteiger partial charge in [0.15, 0.2) is 0 Å². The normalized spacial score (nSPS) is 11.9. The van der Waals surface area contributed by atoms with Crippen LogP contribution in [-0.4, -0.2) is 0 Å². The zero-order chi connectivity index (χ0) is 45.7. The lowest BCUT2D eigenvalue weighted by Crippen LogP contribution is -2.14. The number of anilines is 6. The van der Waals surface area contributed by atoms with E-state index in [-0.39, 0.29) is 22.5 Å². The third kappa shape index (κ3) is 8.27. The first-order valence-electron chi connectivity index (χ1n) is 22.4. The third-order valence-electron chi connectivity index (χ3n) is 12.4. The number of nitrogens with zero attached hydrogens (tertiary/aromatic N) is 2. The van der Waals surface area contributed by atoms with Crippen molar-refractivity contribution >= 4 is 66.4 Å². The minimum Gasteiger partial charge on any atom is -0.457 e. The Morgan fingerprint density at radius 3 is 0.894 bits per heavy atom. The molecule has 0 aliphatic heterocycles. The van der Waals surface area contributed by atoms with Crippen LogP contribution in [0, 0.1) is 11.6 Å². The first-order chi connectivity index (χ1) is 31.8. The maximum atomic E-state index is 13.7. The summed E-state index contributed by atoms with van der Waals surface area (Å²) in [6, 6.07) is 63.9. The van der Waals surface area contributed by atoms with E-state index in [1.807, 2.05) is 24.3 Å². The van der Waals surface area contributed by atoms with Crippen molar-refractivity contribution < 1.29 is 18.3 Å². The summed E-state index contributed by atoms with van der Waals surface area (Å²) in [5.41, 5.74) is 8.59. The Labute approximate surface area is 385 Å². The molecule has 4 nitrogen and oxygen atoms in total. The molecule has 0 fully saturated rings. The number of rotatable bonds is 10. The van der Waals surface area contributed by atoms with Crippen LogP contribution in [0.15, 0.2) is 194 Å². The Kier molecular flexibility index (Phi) is 10.7. The molecule has 0 heterocycles. The van der Waals surface area contributed by atoms with Gasteiger partial charge in [0.05, 0.1) is 11.4 Å². The molecule has 0 amide bonds. The molecule has 0 N–H and O–H groups in total. The lowest BCUT2D eigenvalue weighted by molar-refractivity contribution is 0.480. The van der Waals surface area contributed by atoms with Crippen LogP contribution in [0.5, 0.6) is 23.0 Å². The molecule has 0 spiro atoms. The highest BCUT2D eigenvalue weighted by atomic mass is 19.1. The quantitative estimate of drug-likeness (QED) is 0.128. The van der Waals surface area contributed by atoms with Crippen molar-refractivity contribution in [2.75, 3.05) is 9.80 Å². The van der Waals surface area contributed by atoms with Crippen LogP contribution < -0.4 is 19.3 Å². The second-order valence-corrected chi connectivity index (χ2v) is 19.0. The van der Waals surface area contributed by atoms with Gasteiger partial charge in [-0.1, -0.05) is 102 Å². The third-order valence-corrected chi connectivity index (χ3v) is 12.4. The zero-order valence-electron chi connectivity index (χ0n) is 37.9. The van der Waals surface area contributed by atoms with Gasteiger partial charge in [-0.3, -0.25) is 0 Å². The highest BCUT2D eigenvalue weighted by Gasteiger charge is 2.23. The molecule has 0 saturated carbocycles. The van der Waals surface area contributed by atoms with Crippen LogP contribution in [0.2, 0.25) is 0 Å². The van der Waals surface area contributed by atoms with Crippen molar-refractivity contribution in [3.63, 3.8) is 0 Å². The first kappa shape index (κ1) is 42.3. The van der Waals surface area contributed by atoms with Gasteiger partial charge in [0.25, 0.3) is 0 Å². The molecule has 0 saturated heterocycles. The van der Waals surface area contributed by atoms with Crippen LogP contribution in [0.1, 0.15) is 52.7 Å². The predicted molar refractivity (Wildman–Crippen MR) is 270 cm³/mol. The second-order valence-electron chi connectivity index (χ2n) is 19.0. The van der Waals surface area contributed by atoms with E-state index in [2.05, 4.69) is 173 Å². The van der Waals surface area contributed by atoms with Gasteiger partial charge < -0.3 is 19.3 Å². The standard InChI is InChI=1S/C60H50F2N2O2/c1-59(2,3)41-11-19-45(20-12-41)63(47-23-31-51(32-24-47)65-49-27-15-43(61)16-28-49)55-37-9-39-8-36-54-56(38-10-40-7-35-53(55)57(39)58(40)54)64(46-21-13-42(14-22-46)60(4,5)6)48-25-33-52(34-26-48)66-50-29-17-44(62)18-30-50/h7-38H,1-6H3. The molecular formula is C60H50F2N2O2.